The second-order valence-corrected chi connectivity index (χ2v) is 9.40. The maximum atomic E-state index is 13.2. The number of amides is 1. The van der Waals surface area contributed by atoms with Crippen molar-refractivity contribution in [2.24, 2.45) is 0 Å². The third-order valence-electron chi connectivity index (χ3n) is 6.41. The predicted octanol–water partition coefficient (Wildman–Crippen LogP) is 3.93. The molecule has 1 atom stereocenters. The lowest BCUT2D eigenvalue weighted by Crippen LogP contribution is -2.38. The average Bonchev–Trinajstić information content (AvgIpc) is 3.10. The van der Waals surface area contributed by atoms with Crippen molar-refractivity contribution in [3.8, 4) is 5.75 Å². The molecule has 2 aromatic rings. The van der Waals surface area contributed by atoms with Gasteiger partial charge in [0, 0.05) is 31.7 Å². The first kappa shape index (κ1) is 24.9. The van der Waals surface area contributed by atoms with Crippen molar-refractivity contribution >= 4 is 17.4 Å². The van der Waals surface area contributed by atoms with Crippen molar-refractivity contribution in [2.75, 3.05) is 39.4 Å². The number of ketones is 1. The number of likely N-dealkylation sites (tertiary alicyclic amines) is 1. The molecule has 0 unspecified atom stereocenters. The zero-order valence-corrected chi connectivity index (χ0v) is 20.7. The Kier molecular flexibility index (Phi) is 7.88. The van der Waals surface area contributed by atoms with Crippen molar-refractivity contribution in [3.63, 3.8) is 0 Å². The van der Waals surface area contributed by atoms with Crippen molar-refractivity contribution in [2.45, 2.75) is 39.3 Å². The van der Waals surface area contributed by atoms with E-state index in [-0.39, 0.29) is 17.4 Å². The fourth-order valence-electron chi connectivity index (χ4n) is 4.61. The first-order valence-electron chi connectivity index (χ1n) is 12.3. The number of nitrogens with zero attached hydrogens (tertiary/aromatic N) is 2. The molecule has 1 N–H and O–H groups in total. The van der Waals surface area contributed by atoms with Crippen LogP contribution in [0.2, 0.25) is 0 Å². The quantitative estimate of drug-likeness (QED) is 0.352. The normalized spacial score (nSPS) is 20.6. The van der Waals surface area contributed by atoms with Gasteiger partial charge in [0.2, 0.25) is 0 Å². The number of ether oxygens (including phenoxy) is 2. The lowest BCUT2D eigenvalue weighted by molar-refractivity contribution is -0.140. The molecule has 2 heterocycles. The molecule has 0 bridgehead atoms. The Labute approximate surface area is 206 Å². The first-order valence-corrected chi connectivity index (χ1v) is 12.3. The van der Waals surface area contributed by atoms with Gasteiger partial charge in [0.1, 0.15) is 11.5 Å². The predicted molar refractivity (Wildman–Crippen MR) is 134 cm³/mol. The minimum Gasteiger partial charge on any atom is -0.507 e. The van der Waals surface area contributed by atoms with Gasteiger partial charge in [-0.25, -0.2) is 0 Å². The van der Waals surface area contributed by atoms with Crippen LogP contribution in [-0.2, 0) is 14.3 Å². The van der Waals surface area contributed by atoms with E-state index in [9.17, 15) is 14.7 Å². The summed E-state index contributed by atoms with van der Waals surface area (Å²) in [6, 6.07) is 14.1. The topological polar surface area (TPSA) is 79.3 Å². The Morgan fingerprint density at radius 1 is 1.03 bits per heavy atom. The number of morpholine rings is 1. The van der Waals surface area contributed by atoms with E-state index in [2.05, 4.69) is 4.90 Å². The van der Waals surface area contributed by atoms with E-state index in [1.54, 1.807) is 29.2 Å². The Bertz CT molecular complexity index is 1070. The minimum atomic E-state index is -0.651. The van der Waals surface area contributed by atoms with Gasteiger partial charge in [0.25, 0.3) is 11.7 Å². The van der Waals surface area contributed by atoms with E-state index < -0.39 is 17.7 Å². The highest BCUT2D eigenvalue weighted by atomic mass is 16.5. The van der Waals surface area contributed by atoms with Crippen LogP contribution < -0.4 is 4.74 Å². The molecule has 2 saturated heterocycles. The summed E-state index contributed by atoms with van der Waals surface area (Å²) in [6.07, 6.45) is 0.759. The number of hydrogen-bond acceptors (Lipinski definition) is 6. The smallest absolute Gasteiger partial charge is 0.295 e. The summed E-state index contributed by atoms with van der Waals surface area (Å²) in [5, 5.41) is 11.2. The molecular weight excluding hydrogens is 444 g/mol. The largest absolute Gasteiger partial charge is 0.507 e. The number of aliphatic hydroxyl groups excluding tert-OH is 1. The van der Waals surface area contributed by atoms with Gasteiger partial charge in [0.05, 0.1) is 30.9 Å². The van der Waals surface area contributed by atoms with Crippen LogP contribution >= 0.6 is 0 Å². The molecule has 2 aliphatic heterocycles. The number of aliphatic hydroxyl groups is 1. The maximum absolute atomic E-state index is 13.2. The van der Waals surface area contributed by atoms with Crippen molar-refractivity contribution < 1.29 is 24.2 Å². The van der Waals surface area contributed by atoms with E-state index in [1.807, 2.05) is 45.0 Å². The number of rotatable bonds is 8. The van der Waals surface area contributed by atoms with Gasteiger partial charge in [-0.2, -0.15) is 0 Å². The standard InChI is InChI=1S/C28H34N2O5/c1-19(2)35-23-11-9-22(10-12-23)26(31)24-25(21-7-5-20(3)6-8-21)30(28(33)27(24)32)14-4-13-29-15-17-34-18-16-29/h5-12,19,25,31H,4,13-18H2,1-3H3/b26-24+/t25-/m1/s1. The minimum absolute atomic E-state index is 0.0266. The van der Waals surface area contributed by atoms with E-state index in [0.717, 1.165) is 50.4 Å². The highest BCUT2D eigenvalue weighted by Crippen LogP contribution is 2.39. The van der Waals surface area contributed by atoms with E-state index in [0.29, 0.717) is 17.9 Å². The highest BCUT2D eigenvalue weighted by Gasteiger charge is 2.45. The summed E-state index contributed by atoms with van der Waals surface area (Å²) in [5.41, 5.74) is 2.49. The molecule has 0 aliphatic carbocycles. The number of Topliss-reactive ketones (excluding diaryl/α,β-unsaturated/α-hetero) is 1. The van der Waals surface area contributed by atoms with Crippen LogP contribution in [0.15, 0.2) is 54.1 Å². The summed E-state index contributed by atoms with van der Waals surface area (Å²) in [7, 11) is 0. The van der Waals surface area contributed by atoms with E-state index >= 15 is 0 Å². The molecule has 2 aromatic carbocycles. The molecule has 1 amide bonds. The first-order chi connectivity index (χ1) is 16.8. The molecule has 2 fully saturated rings. The summed E-state index contributed by atoms with van der Waals surface area (Å²) in [6.45, 7) is 10.3. The fourth-order valence-corrected chi connectivity index (χ4v) is 4.61. The molecule has 0 aromatic heterocycles. The van der Waals surface area contributed by atoms with Gasteiger partial charge in [-0.15, -0.1) is 0 Å². The Morgan fingerprint density at radius 3 is 2.31 bits per heavy atom. The molecule has 7 nitrogen and oxygen atoms in total. The number of carbonyl (C=O) groups is 2. The average molecular weight is 479 g/mol. The Morgan fingerprint density at radius 2 is 1.69 bits per heavy atom. The zero-order valence-electron chi connectivity index (χ0n) is 20.7. The van der Waals surface area contributed by atoms with Crippen LogP contribution in [0.25, 0.3) is 5.76 Å². The number of benzene rings is 2. The Balaban J connectivity index is 1.64. The number of hydrogen-bond donors (Lipinski definition) is 1. The van der Waals surface area contributed by atoms with Gasteiger partial charge in [-0.05, 0) is 57.0 Å². The Hall–Kier alpha value is -3.16. The van der Waals surface area contributed by atoms with Gasteiger partial charge < -0.3 is 19.5 Å². The van der Waals surface area contributed by atoms with Crippen LogP contribution in [0.4, 0.5) is 0 Å². The maximum Gasteiger partial charge on any atom is 0.295 e. The van der Waals surface area contributed by atoms with Crippen LogP contribution in [0.1, 0.15) is 43.0 Å². The molecular formula is C28H34N2O5. The van der Waals surface area contributed by atoms with Crippen LogP contribution in [0.5, 0.6) is 5.75 Å². The molecule has 2 aliphatic rings. The fraction of sp³-hybridized carbons (Fsp3) is 0.429. The van der Waals surface area contributed by atoms with Crippen LogP contribution in [0, 0.1) is 6.92 Å². The van der Waals surface area contributed by atoms with Crippen LogP contribution in [0.3, 0.4) is 0 Å². The molecule has 0 radical (unpaired) electrons. The van der Waals surface area contributed by atoms with Gasteiger partial charge in [-0.1, -0.05) is 29.8 Å². The summed E-state index contributed by atoms with van der Waals surface area (Å²) < 4.78 is 11.1. The lowest BCUT2D eigenvalue weighted by atomic mass is 9.94. The van der Waals surface area contributed by atoms with Gasteiger partial charge in [-0.3, -0.25) is 14.5 Å². The van der Waals surface area contributed by atoms with E-state index in [1.165, 1.54) is 0 Å². The monoisotopic (exact) mass is 478 g/mol. The lowest BCUT2D eigenvalue weighted by Gasteiger charge is -2.29. The SMILES string of the molecule is Cc1ccc([C@@H]2/C(=C(\O)c3ccc(OC(C)C)cc3)C(=O)C(=O)N2CCCN2CCOCC2)cc1. The van der Waals surface area contributed by atoms with Gasteiger partial charge >= 0.3 is 0 Å². The molecule has 7 heteroatoms. The third kappa shape index (κ3) is 5.74. The molecule has 0 saturated carbocycles. The molecule has 0 spiro atoms. The summed E-state index contributed by atoms with van der Waals surface area (Å²) >= 11 is 0. The van der Waals surface area contributed by atoms with Gasteiger partial charge in [0.15, 0.2) is 0 Å². The third-order valence-corrected chi connectivity index (χ3v) is 6.41. The molecule has 4 rings (SSSR count). The summed E-state index contributed by atoms with van der Waals surface area (Å²) in [4.78, 5) is 30.2. The number of aryl methyl sites for hydroxylation is 1. The number of carbonyl (C=O) groups excluding carboxylic acids is 2. The second kappa shape index (κ2) is 11.1. The van der Waals surface area contributed by atoms with Crippen molar-refractivity contribution in [3.05, 3.63) is 70.8 Å². The zero-order chi connectivity index (χ0) is 24.9. The van der Waals surface area contributed by atoms with Crippen molar-refractivity contribution in [1.82, 2.24) is 9.80 Å². The van der Waals surface area contributed by atoms with Crippen molar-refractivity contribution in [1.29, 1.82) is 0 Å². The van der Waals surface area contributed by atoms with E-state index in [4.69, 9.17) is 9.47 Å². The molecule has 35 heavy (non-hydrogen) atoms. The van der Waals surface area contributed by atoms with Crippen LogP contribution in [-0.4, -0.2) is 72.1 Å². The second-order valence-electron chi connectivity index (χ2n) is 9.40. The highest BCUT2D eigenvalue weighted by molar-refractivity contribution is 6.46. The summed E-state index contributed by atoms with van der Waals surface area (Å²) in [5.74, 6) is -0.711. The molecule has 186 valence electrons.